The normalized spacial score (nSPS) is 12.0. The SMILES string of the molecule is CCCCCCCCCCCCCCCCCOC(=O)C(C)(C)C(=O)Oc1cccc(C(F)(F)F)c1F. The van der Waals surface area contributed by atoms with Crippen LogP contribution in [0.2, 0.25) is 0 Å². The smallest absolute Gasteiger partial charge is 0.419 e. The molecule has 8 heteroatoms. The summed E-state index contributed by atoms with van der Waals surface area (Å²) in [5.74, 6) is -4.64. The van der Waals surface area contributed by atoms with Gasteiger partial charge in [0.1, 0.15) is 0 Å². The molecule has 1 rings (SSSR count). The van der Waals surface area contributed by atoms with Crippen molar-refractivity contribution in [2.24, 2.45) is 5.41 Å². The quantitative estimate of drug-likeness (QED) is 0.0586. The van der Waals surface area contributed by atoms with Crippen molar-refractivity contribution in [2.45, 2.75) is 123 Å². The molecule has 0 aliphatic heterocycles. The molecule has 1 aromatic rings. The molecule has 0 atom stereocenters. The molecule has 0 amide bonds. The van der Waals surface area contributed by atoms with Gasteiger partial charge >= 0.3 is 18.1 Å². The Labute approximate surface area is 219 Å². The van der Waals surface area contributed by atoms with Gasteiger partial charge in [-0.2, -0.15) is 13.2 Å². The van der Waals surface area contributed by atoms with E-state index in [1.807, 2.05) is 0 Å². The maximum absolute atomic E-state index is 14.1. The van der Waals surface area contributed by atoms with Gasteiger partial charge in [-0.15, -0.1) is 0 Å². The Morgan fingerprint density at radius 3 is 1.65 bits per heavy atom. The molecule has 0 unspecified atom stereocenters. The summed E-state index contributed by atoms with van der Waals surface area (Å²) in [5, 5.41) is 0. The van der Waals surface area contributed by atoms with Crippen molar-refractivity contribution in [2.75, 3.05) is 6.61 Å². The summed E-state index contributed by atoms with van der Waals surface area (Å²) < 4.78 is 62.7. The van der Waals surface area contributed by atoms with E-state index in [2.05, 4.69) is 6.92 Å². The second-order valence-corrected chi connectivity index (χ2v) is 10.2. The minimum Gasteiger partial charge on any atom is -0.465 e. The first-order valence-electron chi connectivity index (χ1n) is 13.8. The van der Waals surface area contributed by atoms with Crippen LogP contribution in [-0.2, 0) is 20.5 Å². The van der Waals surface area contributed by atoms with Gasteiger partial charge in [-0.1, -0.05) is 103 Å². The first-order chi connectivity index (χ1) is 17.5. The fraction of sp³-hybridized carbons (Fsp3) is 0.724. The van der Waals surface area contributed by atoms with Gasteiger partial charge in [0.15, 0.2) is 17.0 Å². The molecule has 1 aromatic carbocycles. The van der Waals surface area contributed by atoms with Crippen LogP contribution in [0, 0.1) is 11.2 Å². The predicted octanol–water partition coefficient (Wildman–Crippen LogP) is 9.19. The Morgan fingerprint density at radius 1 is 0.730 bits per heavy atom. The van der Waals surface area contributed by atoms with E-state index in [0.29, 0.717) is 12.5 Å². The summed E-state index contributed by atoms with van der Waals surface area (Å²) in [5.41, 5.74) is -3.35. The zero-order valence-electron chi connectivity index (χ0n) is 22.7. The van der Waals surface area contributed by atoms with Crippen LogP contribution >= 0.6 is 0 Å². The average Bonchev–Trinajstić information content (AvgIpc) is 2.84. The van der Waals surface area contributed by atoms with Gasteiger partial charge in [-0.05, 0) is 32.4 Å². The van der Waals surface area contributed by atoms with Crippen molar-refractivity contribution < 1.29 is 36.6 Å². The van der Waals surface area contributed by atoms with E-state index in [1.165, 1.54) is 84.5 Å². The first-order valence-corrected chi connectivity index (χ1v) is 13.8. The number of unbranched alkanes of at least 4 members (excludes halogenated alkanes) is 14. The molecule has 0 radical (unpaired) electrons. The number of hydrogen-bond acceptors (Lipinski definition) is 4. The van der Waals surface area contributed by atoms with E-state index >= 15 is 0 Å². The highest BCUT2D eigenvalue weighted by Crippen LogP contribution is 2.35. The molecule has 0 fully saturated rings. The number of ether oxygens (including phenoxy) is 2. The molecule has 0 aliphatic rings. The van der Waals surface area contributed by atoms with Crippen LogP contribution in [0.3, 0.4) is 0 Å². The lowest BCUT2D eigenvalue weighted by molar-refractivity contribution is -0.165. The molecule has 0 heterocycles. The highest BCUT2D eigenvalue weighted by molar-refractivity contribution is 5.99. The van der Waals surface area contributed by atoms with Crippen LogP contribution in [0.4, 0.5) is 17.6 Å². The Balaban J connectivity index is 2.18. The Kier molecular flexibility index (Phi) is 15.5. The summed E-state index contributed by atoms with van der Waals surface area (Å²) in [4.78, 5) is 24.7. The van der Waals surface area contributed by atoms with Crippen molar-refractivity contribution in [1.29, 1.82) is 0 Å². The Bertz CT molecular complexity index is 806. The second-order valence-electron chi connectivity index (χ2n) is 10.2. The largest absolute Gasteiger partial charge is 0.465 e. The lowest BCUT2D eigenvalue weighted by atomic mass is 9.94. The van der Waals surface area contributed by atoms with Crippen molar-refractivity contribution >= 4 is 11.9 Å². The summed E-state index contributed by atoms with van der Waals surface area (Å²) in [6.45, 7) is 4.83. The topological polar surface area (TPSA) is 52.6 Å². The van der Waals surface area contributed by atoms with Crippen molar-refractivity contribution in [3.05, 3.63) is 29.6 Å². The Morgan fingerprint density at radius 2 is 1.19 bits per heavy atom. The van der Waals surface area contributed by atoms with Gasteiger partial charge < -0.3 is 9.47 Å². The maximum Gasteiger partial charge on any atom is 0.419 e. The number of carbonyl (C=O) groups excluding carboxylic acids is 2. The number of carbonyl (C=O) groups is 2. The highest BCUT2D eigenvalue weighted by atomic mass is 19.4. The van der Waals surface area contributed by atoms with Gasteiger partial charge in [-0.3, -0.25) is 9.59 Å². The van der Waals surface area contributed by atoms with Crippen LogP contribution in [0.15, 0.2) is 18.2 Å². The average molecular weight is 533 g/mol. The lowest BCUT2D eigenvalue weighted by Gasteiger charge is -2.21. The minimum absolute atomic E-state index is 0.131. The molecule has 37 heavy (non-hydrogen) atoms. The lowest BCUT2D eigenvalue weighted by Crippen LogP contribution is -2.38. The summed E-state index contributed by atoms with van der Waals surface area (Å²) in [7, 11) is 0. The standard InChI is InChI=1S/C29H44F4O4/c1-4-5-6-7-8-9-10-11-12-13-14-15-16-17-18-22-36-26(34)28(2,3)27(35)37-24-21-19-20-23(25(24)30)29(31,32)33/h19-21H,4-18,22H2,1-3H3. The molecule has 0 N–H and O–H groups in total. The van der Waals surface area contributed by atoms with Gasteiger partial charge in [-0.25, -0.2) is 4.39 Å². The van der Waals surface area contributed by atoms with Gasteiger partial charge in [0.2, 0.25) is 0 Å². The minimum atomic E-state index is -4.94. The van der Waals surface area contributed by atoms with E-state index in [-0.39, 0.29) is 6.61 Å². The van der Waals surface area contributed by atoms with Gasteiger partial charge in [0, 0.05) is 0 Å². The molecular formula is C29H44F4O4. The van der Waals surface area contributed by atoms with E-state index in [4.69, 9.17) is 9.47 Å². The number of benzene rings is 1. The predicted molar refractivity (Wildman–Crippen MR) is 137 cm³/mol. The molecule has 0 spiro atoms. The van der Waals surface area contributed by atoms with Crippen LogP contribution in [-0.4, -0.2) is 18.5 Å². The molecule has 0 bridgehead atoms. The maximum atomic E-state index is 14.1. The van der Waals surface area contributed by atoms with E-state index in [9.17, 15) is 27.2 Å². The molecule has 0 aromatic heterocycles. The molecular weight excluding hydrogens is 488 g/mol. The summed E-state index contributed by atoms with van der Waals surface area (Å²) in [6.07, 6.45) is 13.2. The Hall–Kier alpha value is -2.12. The first kappa shape index (κ1) is 32.9. The molecule has 0 saturated carbocycles. The summed E-state index contributed by atoms with van der Waals surface area (Å²) in [6, 6.07) is 2.37. The number of alkyl halides is 3. The monoisotopic (exact) mass is 532 g/mol. The molecule has 212 valence electrons. The van der Waals surface area contributed by atoms with Crippen molar-refractivity contribution in [1.82, 2.24) is 0 Å². The van der Waals surface area contributed by atoms with E-state index in [0.717, 1.165) is 31.4 Å². The van der Waals surface area contributed by atoms with Crippen LogP contribution in [0.5, 0.6) is 5.75 Å². The third-order valence-corrected chi connectivity index (χ3v) is 6.47. The third kappa shape index (κ3) is 12.8. The van der Waals surface area contributed by atoms with Crippen LogP contribution in [0.25, 0.3) is 0 Å². The van der Waals surface area contributed by atoms with Gasteiger partial charge in [0.05, 0.1) is 12.2 Å². The number of halogens is 4. The van der Waals surface area contributed by atoms with Crippen LogP contribution in [0.1, 0.15) is 123 Å². The third-order valence-electron chi connectivity index (χ3n) is 6.47. The van der Waals surface area contributed by atoms with E-state index in [1.54, 1.807) is 0 Å². The summed E-state index contributed by atoms with van der Waals surface area (Å²) >= 11 is 0. The second kappa shape index (κ2) is 17.4. The molecule has 4 nitrogen and oxygen atoms in total. The van der Waals surface area contributed by atoms with Crippen molar-refractivity contribution in [3.8, 4) is 5.75 Å². The number of hydrogen-bond donors (Lipinski definition) is 0. The van der Waals surface area contributed by atoms with Crippen molar-refractivity contribution in [3.63, 3.8) is 0 Å². The zero-order valence-corrected chi connectivity index (χ0v) is 22.7. The van der Waals surface area contributed by atoms with Crippen LogP contribution < -0.4 is 4.74 Å². The van der Waals surface area contributed by atoms with Gasteiger partial charge in [0.25, 0.3) is 0 Å². The fourth-order valence-corrected chi connectivity index (χ4v) is 3.94. The molecule has 0 aliphatic carbocycles. The zero-order chi connectivity index (χ0) is 27.7. The number of rotatable bonds is 19. The fourth-order valence-electron chi connectivity index (χ4n) is 3.94. The molecule has 0 saturated heterocycles. The van der Waals surface area contributed by atoms with E-state index < -0.39 is 40.7 Å². The number of esters is 2. The highest BCUT2D eigenvalue weighted by Gasteiger charge is 2.41.